The van der Waals surface area contributed by atoms with Gasteiger partial charge in [-0.05, 0) is 25.3 Å². The number of hydrogen-bond acceptors (Lipinski definition) is 3. The Morgan fingerprint density at radius 1 is 1.45 bits per heavy atom. The van der Waals surface area contributed by atoms with Crippen LogP contribution < -0.4 is 5.73 Å². The van der Waals surface area contributed by atoms with Crippen molar-refractivity contribution in [2.45, 2.75) is 18.4 Å². The molecule has 1 aliphatic carbocycles. The lowest BCUT2D eigenvalue weighted by Crippen LogP contribution is -2.52. The lowest BCUT2D eigenvalue weighted by molar-refractivity contribution is 0.0307. The molecule has 11 heavy (non-hydrogen) atoms. The molecule has 1 heterocycles. The molecular weight excluding hydrogens is 140 g/mol. The van der Waals surface area contributed by atoms with E-state index in [1.807, 2.05) is 0 Å². The zero-order valence-electron chi connectivity index (χ0n) is 6.79. The molecule has 0 unspecified atom stereocenters. The van der Waals surface area contributed by atoms with Crippen LogP contribution in [-0.2, 0) is 0 Å². The van der Waals surface area contributed by atoms with Crippen molar-refractivity contribution in [1.29, 1.82) is 0 Å². The van der Waals surface area contributed by atoms with Gasteiger partial charge in [-0.2, -0.15) is 0 Å². The van der Waals surface area contributed by atoms with E-state index in [0.29, 0.717) is 5.92 Å². The highest BCUT2D eigenvalue weighted by atomic mass is 16.3. The number of aliphatic hydroxyl groups is 1. The molecule has 2 rings (SSSR count). The van der Waals surface area contributed by atoms with E-state index in [9.17, 15) is 5.11 Å². The van der Waals surface area contributed by atoms with Gasteiger partial charge in [0.25, 0.3) is 0 Å². The molecular formula is C8H16N2O. The van der Waals surface area contributed by atoms with Gasteiger partial charge in [-0.15, -0.1) is 0 Å². The number of hydrogen-bond donors (Lipinski definition) is 2. The molecule has 0 atom stereocenters. The van der Waals surface area contributed by atoms with E-state index in [4.69, 9.17) is 5.73 Å². The summed E-state index contributed by atoms with van der Waals surface area (Å²) in [7, 11) is 0. The van der Waals surface area contributed by atoms with Crippen LogP contribution in [0.25, 0.3) is 0 Å². The minimum absolute atomic E-state index is 0.306. The molecule has 0 aromatic carbocycles. The summed E-state index contributed by atoms with van der Waals surface area (Å²) in [6, 6.07) is 0. The van der Waals surface area contributed by atoms with Crippen molar-refractivity contribution >= 4 is 0 Å². The third-order valence-electron chi connectivity index (χ3n) is 2.71. The van der Waals surface area contributed by atoms with Gasteiger partial charge in [0.2, 0.25) is 0 Å². The summed E-state index contributed by atoms with van der Waals surface area (Å²) in [5.74, 6) is 0.692. The highest BCUT2D eigenvalue weighted by Gasteiger charge is 2.43. The Balaban J connectivity index is 1.67. The Kier molecular flexibility index (Phi) is 1.67. The van der Waals surface area contributed by atoms with E-state index < -0.39 is 0 Å². The minimum atomic E-state index is -0.306. The van der Waals surface area contributed by atoms with Gasteiger partial charge in [-0.25, -0.2) is 0 Å². The molecule has 1 saturated heterocycles. The summed E-state index contributed by atoms with van der Waals surface area (Å²) in [5, 5.41) is 9.55. The second kappa shape index (κ2) is 2.44. The van der Waals surface area contributed by atoms with Crippen LogP contribution in [0.4, 0.5) is 0 Å². The summed E-state index contributed by atoms with van der Waals surface area (Å²) in [6.07, 6.45) is 1.99. The lowest BCUT2D eigenvalue weighted by Gasteiger charge is -2.39. The van der Waals surface area contributed by atoms with Gasteiger partial charge in [-0.1, -0.05) is 0 Å². The van der Waals surface area contributed by atoms with E-state index in [-0.39, 0.29) is 5.60 Å². The first-order chi connectivity index (χ1) is 5.22. The predicted octanol–water partition coefficient (Wildman–Crippen LogP) is -0.598. The van der Waals surface area contributed by atoms with Crippen LogP contribution in [0.1, 0.15) is 12.8 Å². The van der Waals surface area contributed by atoms with Crippen LogP contribution in [-0.4, -0.2) is 41.8 Å². The molecule has 0 spiro atoms. The van der Waals surface area contributed by atoms with Crippen LogP contribution in [0.5, 0.6) is 0 Å². The van der Waals surface area contributed by atoms with E-state index >= 15 is 0 Å². The summed E-state index contributed by atoms with van der Waals surface area (Å²) < 4.78 is 0. The first kappa shape index (κ1) is 7.53. The van der Waals surface area contributed by atoms with Crippen LogP contribution in [0, 0.1) is 5.92 Å². The summed E-state index contributed by atoms with van der Waals surface area (Å²) in [6.45, 7) is 3.87. The number of nitrogens with zero attached hydrogens (tertiary/aromatic N) is 1. The van der Waals surface area contributed by atoms with E-state index in [1.165, 1.54) is 0 Å². The fourth-order valence-corrected chi connectivity index (χ4v) is 1.67. The van der Waals surface area contributed by atoms with E-state index in [0.717, 1.165) is 39.0 Å². The fourth-order valence-electron chi connectivity index (χ4n) is 1.67. The van der Waals surface area contributed by atoms with Crippen molar-refractivity contribution in [2.24, 2.45) is 11.7 Å². The second-order valence-electron chi connectivity index (χ2n) is 4.02. The zero-order chi connectivity index (χ0) is 7.90. The molecule has 3 nitrogen and oxygen atoms in total. The van der Waals surface area contributed by atoms with Crippen molar-refractivity contribution in [3.05, 3.63) is 0 Å². The molecule has 2 aliphatic rings. The molecule has 2 fully saturated rings. The van der Waals surface area contributed by atoms with Crippen LogP contribution in [0.3, 0.4) is 0 Å². The maximum absolute atomic E-state index is 9.55. The van der Waals surface area contributed by atoms with Gasteiger partial charge in [0.05, 0.1) is 5.60 Å². The molecule has 1 saturated carbocycles. The largest absolute Gasteiger partial charge is 0.389 e. The monoisotopic (exact) mass is 156 g/mol. The van der Waals surface area contributed by atoms with Crippen LogP contribution in [0.15, 0.2) is 0 Å². The van der Waals surface area contributed by atoms with Crippen molar-refractivity contribution < 1.29 is 5.11 Å². The molecule has 1 aliphatic heterocycles. The SMILES string of the molecule is NCC1CN(CC2(O)CC2)C1. The predicted molar refractivity (Wildman–Crippen MR) is 43.2 cm³/mol. The third-order valence-corrected chi connectivity index (χ3v) is 2.71. The van der Waals surface area contributed by atoms with Crippen molar-refractivity contribution in [1.82, 2.24) is 4.90 Å². The van der Waals surface area contributed by atoms with Crippen LogP contribution >= 0.6 is 0 Å². The molecule has 3 heteroatoms. The Hall–Kier alpha value is -0.120. The molecule has 64 valence electrons. The van der Waals surface area contributed by atoms with Gasteiger partial charge in [0, 0.05) is 19.6 Å². The average Bonchev–Trinajstić information content (AvgIpc) is 2.59. The fraction of sp³-hybridized carbons (Fsp3) is 1.00. The molecule has 0 bridgehead atoms. The normalized spacial score (nSPS) is 30.0. The third kappa shape index (κ3) is 1.55. The first-order valence-corrected chi connectivity index (χ1v) is 4.37. The maximum atomic E-state index is 9.55. The summed E-state index contributed by atoms with van der Waals surface area (Å²) in [5.41, 5.74) is 5.18. The minimum Gasteiger partial charge on any atom is -0.389 e. The quantitative estimate of drug-likeness (QED) is 0.574. The molecule has 3 N–H and O–H groups in total. The molecule has 0 amide bonds. The van der Waals surface area contributed by atoms with Crippen molar-refractivity contribution in [3.8, 4) is 0 Å². The van der Waals surface area contributed by atoms with E-state index in [2.05, 4.69) is 4.90 Å². The Morgan fingerprint density at radius 2 is 2.09 bits per heavy atom. The van der Waals surface area contributed by atoms with Gasteiger partial charge >= 0.3 is 0 Å². The number of rotatable bonds is 3. The van der Waals surface area contributed by atoms with Gasteiger partial charge in [0.15, 0.2) is 0 Å². The Morgan fingerprint density at radius 3 is 2.55 bits per heavy atom. The first-order valence-electron chi connectivity index (χ1n) is 4.37. The van der Waals surface area contributed by atoms with Gasteiger partial charge in [0.1, 0.15) is 0 Å². The number of nitrogens with two attached hydrogens (primary N) is 1. The lowest BCUT2D eigenvalue weighted by atomic mass is 10.00. The van der Waals surface area contributed by atoms with E-state index in [1.54, 1.807) is 0 Å². The standard InChI is InChI=1S/C8H16N2O/c9-3-7-4-10(5-7)6-8(11)1-2-8/h7,11H,1-6,9H2. The smallest absolute Gasteiger partial charge is 0.0776 e. The van der Waals surface area contributed by atoms with Gasteiger partial charge < -0.3 is 10.8 Å². The second-order valence-corrected chi connectivity index (χ2v) is 4.02. The summed E-state index contributed by atoms with van der Waals surface area (Å²) in [4.78, 5) is 2.30. The Labute approximate surface area is 67.2 Å². The molecule has 0 aromatic rings. The Bertz CT molecular complexity index is 150. The molecule has 0 radical (unpaired) electrons. The topological polar surface area (TPSA) is 49.5 Å². The maximum Gasteiger partial charge on any atom is 0.0776 e. The summed E-state index contributed by atoms with van der Waals surface area (Å²) >= 11 is 0. The highest BCUT2D eigenvalue weighted by molar-refractivity contribution is 4.98. The van der Waals surface area contributed by atoms with Gasteiger partial charge in [-0.3, -0.25) is 4.90 Å². The van der Waals surface area contributed by atoms with Crippen molar-refractivity contribution in [2.75, 3.05) is 26.2 Å². The molecule has 0 aromatic heterocycles. The average molecular weight is 156 g/mol. The zero-order valence-corrected chi connectivity index (χ0v) is 6.79. The number of likely N-dealkylation sites (tertiary alicyclic amines) is 1. The van der Waals surface area contributed by atoms with Crippen molar-refractivity contribution in [3.63, 3.8) is 0 Å². The van der Waals surface area contributed by atoms with Crippen LogP contribution in [0.2, 0.25) is 0 Å². The highest BCUT2D eigenvalue weighted by Crippen LogP contribution is 2.37. The number of β-amino-alcohol motifs (C(OH)–C–C–N with tert-alkyl or cyclic N) is 1.